The van der Waals surface area contributed by atoms with E-state index in [-0.39, 0.29) is 22.8 Å². The summed E-state index contributed by atoms with van der Waals surface area (Å²) in [5.74, 6) is -0.930. The zero-order valence-corrected chi connectivity index (χ0v) is 17.9. The van der Waals surface area contributed by atoms with Crippen molar-refractivity contribution >= 4 is 45.9 Å². The lowest BCUT2D eigenvalue weighted by molar-refractivity contribution is -0.118. The number of carbonyl (C=O) groups excluding carboxylic acids is 3. The highest BCUT2D eigenvalue weighted by Gasteiger charge is 2.21. The first kappa shape index (κ1) is 21.5. The maximum absolute atomic E-state index is 12.9. The maximum atomic E-state index is 12.9. The van der Waals surface area contributed by atoms with Crippen LogP contribution in [0.25, 0.3) is 11.3 Å². The molecule has 3 rings (SSSR count). The molecule has 0 bridgehead atoms. The Balaban J connectivity index is 1.93. The van der Waals surface area contributed by atoms with Crippen molar-refractivity contribution in [3.05, 3.63) is 65.7 Å². The van der Waals surface area contributed by atoms with Crippen molar-refractivity contribution in [3.8, 4) is 11.3 Å². The fourth-order valence-corrected chi connectivity index (χ4v) is 4.51. The molecule has 154 valence electrons. The predicted octanol–water partition coefficient (Wildman–Crippen LogP) is 3.69. The zero-order chi connectivity index (χ0) is 21.5. The molecule has 0 aliphatic heterocycles. The third-order valence-electron chi connectivity index (χ3n) is 4.06. The van der Waals surface area contributed by atoms with Crippen LogP contribution in [0, 0.1) is 0 Å². The summed E-state index contributed by atoms with van der Waals surface area (Å²) in [5, 5.41) is 5.96. The lowest BCUT2D eigenvalue weighted by atomic mass is 10.1. The van der Waals surface area contributed by atoms with Crippen molar-refractivity contribution in [2.75, 3.05) is 25.2 Å². The third-order valence-corrected chi connectivity index (χ3v) is 6.18. The average Bonchev–Trinajstić information content (AvgIpc) is 3.19. The number of thiazole rings is 1. The first-order valence-corrected chi connectivity index (χ1v) is 10.7. The van der Waals surface area contributed by atoms with Gasteiger partial charge in [0.05, 0.1) is 24.0 Å². The fourth-order valence-electron chi connectivity index (χ4n) is 2.58. The number of hydrogen-bond donors (Lipinski definition) is 2. The van der Waals surface area contributed by atoms with Crippen molar-refractivity contribution in [2.45, 2.75) is 4.34 Å². The van der Waals surface area contributed by atoms with E-state index in [1.807, 2.05) is 30.3 Å². The van der Waals surface area contributed by atoms with Crippen LogP contribution < -0.4 is 10.6 Å². The Morgan fingerprint density at radius 1 is 1.03 bits per heavy atom. The molecule has 0 unspecified atom stereocenters. The van der Waals surface area contributed by atoms with Gasteiger partial charge in [-0.25, -0.2) is 9.78 Å². The second-order valence-corrected chi connectivity index (χ2v) is 8.20. The van der Waals surface area contributed by atoms with Crippen LogP contribution in [0.2, 0.25) is 0 Å². The first-order valence-electron chi connectivity index (χ1n) is 8.91. The summed E-state index contributed by atoms with van der Waals surface area (Å²) in [6.45, 7) is 0. The molecule has 0 aliphatic rings. The summed E-state index contributed by atoms with van der Waals surface area (Å²) in [4.78, 5) is 41.1. The van der Waals surface area contributed by atoms with Gasteiger partial charge in [0.2, 0.25) is 5.91 Å². The normalized spacial score (nSPS) is 10.3. The molecule has 0 atom stereocenters. The minimum atomic E-state index is -0.588. The first-order chi connectivity index (χ1) is 14.5. The van der Waals surface area contributed by atoms with E-state index in [0.29, 0.717) is 15.0 Å². The van der Waals surface area contributed by atoms with Gasteiger partial charge >= 0.3 is 5.97 Å². The highest BCUT2D eigenvalue weighted by atomic mass is 32.2. The van der Waals surface area contributed by atoms with Crippen molar-refractivity contribution in [1.82, 2.24) is 10.3 Å². The number of ether oxygens (including phenoxy) is 1. The molecule has 2 aromatic carbocycles. The topological polar surface area (TPSA) is 97.4 Å². The largest absolute Gasteiger partial charge is 0.465 e. The Hall–Kier alpha value is -3.17. The highest BCUT2D eigenvalue weighted by Crippen LogP contribution is 2.37. The number of rotatable bonds is 7. The van der Waals surface area contributed by atoms with Gasteiger partial charge in [-0.15, -0.1) is 0 Å². The van der Waals surface area contributed by atoms with Gasteiger partial charge in [-0.05, 0) is 12.1 Å². The van der Waals surface area contributed by atoms with Crippen molar-refractivity contribution in [1.29, 1.82) is 0 Å². The van der Waals surface area contributed by atoms with Gasteiger partial charge in [-0.2, -0.15) is 0 Å². The molecule has 30 heavy (non-hydrogen) atoms. The lowest BCUT2D eigenvalue weighted by Crippen LogP contribution is -2.19. The molecule has 3 aromatic rings. The molecular formula is C21H19N3O4S2. The molecular weight excluding hydrogens is 422 g/mol. The molecule has 1 aromatic heterocycles. The zero-order valence-electron chi connectivity index (χ0n) is 16.3. The molecule has 2 amide bonds. The molecule has 0 radical (unpaired) electrons. The molecule has 0 aliphatic carbocycles. The minimum absolute atomic E-state index is 0.117. The number of amides is 2. The van der Waals surface area contributed by atoms with E-state index < -0.39 is 11.9 Å². The number of anilines is 1. The van der Waals surface area contributed by atoms with Gasteiger partial charge in [0, 0.05) is 12.6 Å². The summed E-state index contributed by atoms with van der Waals surface area (Å²) >= 11 is 2.56. The van der Waals surface area contributed by atoms with Gasteiger partial charge in [-0.1, -0.05) is 65.6 Å². The van der Waals surface area contributed by atoms with E-state index in [1.165, 1.54) is 36.3 Å². The molecule has 0 spiro atoms. The second kappa shape index (κ2) is 10.0. The van der Waals surface area contributed by atoms with E-state index in [0.717, 1.165) is 5.56 Å². The van der Waals surface area contributed by atoms with Gasteiger partial charge in [0.15, 0.2) is 4.34 Å². The Morgan fingerprint density at radius 3 is 2.37 bits per heavy atom. The third kappa shape index (κ3) is 5.05. The number of methoxy groups -OCH3 is 1. The summed E-state index contributed by atoms with van der Waals surface area (Å²) in [6.07, 6.45) is 0. The summed E-state index contributed by atoms with van der Waals surface area (Å²) in [6, 6.07) is 15.9. The minimum Gasteiger partial charge on any atom is -0.465 e. The van der Waals surface area contributed by atoms with Crippen LogP contribution >= 0.6 is 23.1 Å². The van der Waals surface area contributed by atoms with Crippen LogP contribution in [0.4, 0.5) is 5.00 Å². The van der Waals surface area contributed by atoms with Crippen molar-refractivity contribution in [3.63, 3.8) is 0 Å². The molecule has 0 saturated heterocycles. The molecule has 2 N–H and O–H groups in total. The Bertz CT molecular complexity index is 1070. The van der Waals surface area contributed by atoms with Gasteiger partial charge in [0.1, 0.15) is 10.7 Å². The summed E-state index contributed by atoms with van der Waals surface area (Å²) in [5.41, 5.74) is 1.81. The number of thioether (sulfide) groups is 1. The number of nitrogens with zero attached hydrogens (tertiary/aromatic N) is 1. The number of carbonyl (C=O) groups is 3. The van der Waals surface area contributed by atoms with Crippen molar-refractivity contribution in [2.24, 2.45) is 0 Å². The standard InChI is InChI=1S/C21H19N3O4S2/c1-22-16(25)12-29-21-23-17(13-8-4-3-5-9-13)19(30-21)24-18(26)14-10-6-7-11-15(14)20(27)28-2/h3-11H,12H2,1-2H3,(H,22,25)(H,24,26). The van der Waals surface area contributed by atoms with Gasteiger partial charge in [-0.3, -0.25) is 9.59 Å². The molecule has 0 fully saturated rings. The van der Waals surface area contributed by atoms with Gasteiger partial charge < -0.3 is 15.4 Å². The average molecular weight is 442 g/mol. The number of nitrogens with one attached hydrogen (secondary N) is 2. The lowest BCUT2D eigenvalue weighted by Gasteiger charge is -2.09. The molecule has 1 heterocycles. The number of esters is 1. The van der Waals surface area contributed by atoms with Crippen LogP contribution in [0.5, 0.6) is 0 Å². The van der Waals surface area contributed by atoms with Crippen LogP contribution in [-0.2, 0) is 9.53 Å². The molecule has 0 saturated carbocycles. The van der Waals surface area contributed by atoms with Crippen molar-refractivity contribution < 1.29 is 19.1 Å². The van der Waals surface area contributed by atoms with Crippen LogP contribution in [0.1, 0.15) is 20.7 Å². The van der Waals surface area contributed by atoms with E-state index in [9.17, 15) is 14.4 Å². The fraction of sp³-hybridized carbons (Fsp3) is 0.143. The van der Waals surface area contributed by atoms with E-state index in [2.05, 4.69) is 15.6 Å². The predicted molar refractivity (Wildman–Crippen MR) is 118 cm³/mol. The van der Waals surface area contributed by atoms with Crippen LogP contribution in [0.3, 0.4) is 0 Å². The second-order valence-electron chi connectivity index (χ2n) is 5.98. The summed E-state index contributed by atoms with van der Waals surface area (Å²) < 4.78 is 5.42. The van der Waals surface area contributed by atoms with E-state index >= 15 is 0 Å². The highest BCUT2D eigenvalue weighted by molar-refractivity contribution is 8.01. The SMILES string of the molecule is CNC(=O)CSc1nc(-c2ccccc2)c(NC(=O)c2ccccc2C(=O)OC)s1. The Kier molecular flexibility index (Phi) is 7.21. The Labute approximate surface area is 181 Å². The van der Waals surface area contributed by atoms with E-state index in [1.54, 1.807) is 25.2 Å². The van der Waals surface area contributed by atoms with Gasteiger partial charge in [0.25, 0.3) is 5.91 Å². The molecule has 9 heteroatoms. The van der Waals surface area contributed by atoms with E-state index in [4.69, 9.17) is 4.74 Å². The number of aromatic nitrogens is 1. The smallest absolute Gasteiger partial charge is 0.338 e. The van der Waals surface area contributed by atoms with Crippen LogP contribution in [0.15, 0.2) is 58.9 Å². The maximum Gasteiger partial charge on any atom is 0.338 e. The monoisotopic (exact) mass is 441 g/mol. The Morgan fingerprint density at radius 2 is 1.70 bits per heavy atom. The van der Waals surface area contributed by atoms with Crippen LogP contribution in [-0.4, -0.2) is 42.7 Å². The number of benzene rings is 2. The quantitative estimate of drug-likeness (QED) is 0.429. The summed E-state index contributed by atoms with van der Waals surface area (Å²) in [7, 11) is 2.84. The molecule has 7 nitrogen and oxygen atoms in total. The number of hydrogen-bond acceptors (Lipinski definition) is 7.